The summed E-state index contributed by atoms with van der Waals surface area (Å²) in [5, 5.41) is 8.09. The Morgan fingerprint density at radius 1 is 1.44 bits per heavy atom. The lowest BCUT2D eigenvalue weighted by atomic mass is 10.1. The van der Waals surface area contributed by atoms with Crippen LogP contribution in [0.25, 0.3) is 0 Å². The average Bonchev–Trinajstić information content (AvgIpc) is 2.38. The second-order valence-electron chi connectivity index (χ2n) is 4.82. The van der Waals surface area contributed by atoms with Crippen molar-refractivity contribution in [2.75, 3.05) is 32.1 Å². The number of carbonyl (C=O) groups excluding carboxylic acids is 1. The van der Waals surface area contributed by atoms with Crippen LogP contribution in [-0.2, 0) is 0 Å². The van der Waals surface area contributed by atoms with Crippen molar-refractivity contribution in [1.82, 2.24) is 15.1 Å². The van der Waals surface area contributed by atoms with Crippen LogP contribution in [0.1, 0.15) is 23.3 Å². The predicted molar refractivity (Wildman–Crippen MR) is 69.5 cm³/mol. The molecule has 6 heteroatoms. The number of nitrogens with zero attached hydrogens (tertiary/aromatic N) is 4. The summed E-state index contributed by atoms with van der Waals surface area (Å²) in [5.41, 5.74) is 6.30. The number of hydrogen-bond donors (Lipinski definition) is 1. The molecule has 2 rings (SSSR count). The highest BCUT2D eigenvalue weighted by molar-refractivity contribution is 5.91. The fraction of sp³-hybridized carbons (Fsp3) is 0.583. The SMILES string of the molecule is CN(C)C(=O)c1ccc(N2CCC[C@@H](N)C2)nn1. The second kappa shape index (κ2) is 5.30. The molecule has 18 heavy (non-hydrogen) atoms. The highest BCUT2D eigenvalue weighted by atomic mass is 16.2. The Balaban J connectivity index is 2.10. The molecule has 0 aromatic carbocycles. The summed E-state index contributed by atoms with van der Waals surface area (Å²) in [6.45, 7) is 1.75. The summed E-state index contributed by atoms with van der Waals surface area (Å²) in [6.07, 6.45) is 2.13. The molecule has 1 fully saturated rings. The normalized spacial score (nSPS) is 19.7. The summed E-state index contributed by atoms with van der Waals surface area (Å²) >= 11 is 0. The van der Waals surface area contributed by atoms with Crippen LogP contribution in [0.2, 0.25) is 0 Å². The molecule has 1 aliphatic heterocycles. The quantitative estimate of drug-likeness (QED) is 0.805. The van der Waals surface area contributed by atoms with E-state index < -0.39 is 0 Å². The van der Waals surface area contributed by atoms with E-state index in [9.17, 15) is 4.79 Å². The minimum absolute atomic E-state index is 0.135. The standard InChI is InChI=1S/C12H19N5O/c1-16(2)12(18)10-5-6-11(15-14-10)17-7-3-4-9(13)8-17/h5-6,9H,3-4,7-8,13H2,1-2H3/t9-/m1/s1. The molecule has 2 N–H and O–H groups in total. The third-order valence-electron chi connectivity index (χ3n) is 3.06. The van der Waals surface area contributed by atoms with Crippen molar-refractivity contribution < 1.29 is 4.79 Å². The van der Waals surface area contributed by atoms with Gasteiger partial charge in [-0.1, -0.05) is 0 Å². The Bertz CT molecular complexity index is 417. The van der Waals surface area contributed by atoms with Gasteiger partial charge in [-0.15, -0.1) is 10.2 Å². The summed E-state index contributed by atoms with van der Waals surface area (Å²) in [6, 6.07) is 3.75. The van der Waals surface area contributed by atoms with Crippen LogP contribution >= 0.6 is 0 Å². The van der Waals surface area contributed by atoms with E-state index in [2.05, 4.69) is 15.1 Å². The Labute approximate surface area is 107 Å². The Kier molecular flexibility index (Phi) is 3.76. The highest BCUT2D eigenvalue weighted by Gasteiger charge is 2.19. The van der Waals surface area contributed by atoms with Crippen LogP contribution in [0.3, 0.4) is 0 Å². The molecule has 0 saturated carbocycles. The van der Waals surface area contributed by atoms with Gasteiger partial charge >= 0.3 is 0 Å². The van der Waals surface area contributed by atoms with Crippen LogP contribution in [0.15, 0.2) is 12.1 Å². The number of amides is 1. The molecule has 0 spiro atoms. The minimum Gasteiger partial charge on any atom is -0.354 e. The van der Waals surface area contributed by atoms with Crippen molar-refractivity contribution in [2.45, 2.75) is 18.9 Å². The fourth-order valence-electron chi connectivity index (χ4n) is 2.06. The van der Waals surface area contributed by atoms with Crippen LogP contribution < -0.4 is 10.6 Å². The largest absolute Gasteiger partial charge is 0.354 e. The van der Waals surface area contributed by atoms with E-state index in [1.54, 1.807) is 20.2 Å². The molecule has 1 atom stereocenters. The molecule has 98 valence electrons. The molecule has 1 aliphatic rings. The number of anilines is 1. The zero-order valence-corrected chi connectivity index (χ0v) is 10.8. The van der Waals surface area contributed by atoms with Gasteiger partial charge in [0.1, 0.15) is 0 Å². The Morgan fingerprint density at radius 2 is 2.22 bits per heavy atom. The molecule has 0 unspecified atom stereocenters. The highest BCUT2D eigenvalue weighted by Crippen LogP contribution is 2.16. The van der Waals surface area contributed by atoms with E-state index in [1.165, 1.54) is 4.90 Å². The van der Waals surface area contributed by atoms with Gasteiger partial charge in [-0.3, -0.25) is 4.79 Å². The van der Waals surface area contributed by atoms with Gasteiger partial charge in [-0.2, -0.15) is 0 Å². The Hall–Kier alpha value is -1.69. The lowest BCUT2D eigenvalue weighted by Crippen LogP contribution is -2.43. The van der Waals surface area contributed by atoms with Gasteiger partial charge in [0.15, 0.2) is 11.5 Å². The number of hydrogen-bond acceptors (Lipinski definition) is 5. The van der Waals surface area contributed by atoms with Gasteiger partial charge in [0.2, 0.25) is 0 Å². The van der Waals surface area contributed by atoms with E-state index in [0.717, 1.165) is 31.7 Å². The van der Waals surface area contributed by atoms with Crippen molar-refractivity contribution in [1.29, 1.82) is 0 Å². The van der Waals surface area contributed by atoms with Crippen LogP contribution in [0.5, 0.6) is 0 Å². The molecule has 6 nitrogen and oxygen atoms in total. The first-order valence-corrected chi connectivity index (χ1v) is 6.14. The maximum atomic E-state index is 11.7. The summed E-state index contributed by atoms with van der Waals surface area (Å²) in [7, 11) is 3.39. The summed E-state index contributed by atoms with van der Waals surface area (Å²) in [5.74, 6) is 0.657. The third kappa shape index (κ3) is 2.76. The number of rotatable bonds is 2. The van der Waals surface area contributed by atoms with Crippen molar-refractivity contribution in [3.05, 3.63) is 17.8 Å². The van der Waals surface area contributed by atoms with Gasteiger partial charge in [0.25, 0.3) is 5.91 Å². The molecule has 1 aromatic rings. The van der Waals surface area contributed by atoms with E-state index >= 15 is 0 Å². The third-order valence-corrected chi connectivity index (χ3v) is 3.06. The second-order valence-corrected chi connectivity index (χ2v) is 4.82. The fourth-order valence-corrected chi connectivity index (χ4v) is 2.06. The molecule has 1 amide bonds. The van der Waals surface area contributed by atoms with Crippen LogP contribution in [0.4, 0.5) is 5.82 Å². The molecule has 0 bridgehead atoms. The number of carbonyl (C=O) groups is 1. The lowest BCUT2D eigenvalue weighted by Gasteiger charge is -2.31. The van der Waals surface area contributed by atoms with Crippen LogP contribution in [0, 0.1) is 0 Å². The van der Waals surface area contributed by atoms with E-state index in [4.69, 9.17) is 5.73 Å². The molecule has 1 saturated heterocycles. The van der Waals surface area contributed by atoms with Crippen molar-refractivity contribution in [2.24, 2.45) is 5.73 Å². The van der Waals surface area contributed by atoms with Gasteiger partial charge < -0.3 is 15.5 Å². The van der Waals surface area contributed by atoms with Gasteiger partial charge in [-0.05, 0) is 25.0 Å². The maximum Gasteiger partial charge on any atom is 0.273 e. The smallest absolute Gasteiger partial charge is 0.273 e. The minimum atomic E-state index is -0.135. The first-order valence-electron chi connectivity index (χ1n) is 6.14. The van der Waals surface area contributed by atoms with Crippen LogP contribution in [-0.4, -0.2) is 54.2 Å². The molecule has 2 heterocycles. The Morgan fingerprint density at radius 3 is 2.78 bits per heavy atom. The van der Waals surface area contributed by atoms with Gasteiger partial charge in [0, 0.05) is 33.2 Å². The summed E-state index contributed by atoms with van der Waals surface area (Å²) < 4.78 is 0. The maximum absolute atomic E-state index is 11.7. The molecular weight excluding hydrogens is 230 g/mol. The van der Waals surface area contributed by atoms with E-state index in [1.807, 2.05) is 6.07 Å². The monoisotopic (exact) mass is 249 g/mol. The number of piperidine rings is 1. The van der Waals surface area contributed by atoms with Crippen molar-refractivity contribution in [3.63, 3.8) is 0 Å². The lowest BCUT2D eigenvalue weighted by molar-refractivity contribution is 0.0821. The number of nitrogens with two attached hydrogens (primary N) is 1. The molecule has 0 radical (unpaired) electrons. The number of aromatic nitrogens is 2. The first-order chi connectivity index (χ1) is 8.58. The molecular formula is C12H19N5O. The van der Waals surface area contributed by atoms with Gasteiger partial charge in [-0.25, -0.2) is 0 Å². The van der Waals surface area contributed by atoms with E-state index in [-0.39, 0.29) is 11.9 Å². The summed E-state index contributed by atoms with van der Waals surface area (Å²) in [4.78, 5) is 15.3. The van der Waals surface area contributed by atoms with E-state index in [0.29, 0.717) is 5.69 Å². The average molecular weight is 249 g/mol. The molecule has 0 aliphatic carbocycles. The zero-order valence-electron chi connectivity index (χ0n) is 10.8. The first kappa shape index (κ1) is 12.8. The zero-order chi connectivity index (χ0) is 13.1. The predicted octanol–water partition coefficient (Wildman–Crippen LogP) is 0.106. The van der Waals surface area contributed by atoms with Gasteiger partial charge in [0.05, 0.1) is 0 Å². The van der Waals surface area contributed by atoms with Crippen molar-refractivity contribution >= 4 is 11.7 Å². The topological polar surface area (TPSA) is 75.4 Å². The van der Waals surface area contributed by atoms with Crippen molar-refractivity contribution in [3.8, 4) is 0 Å². The molecule has 1 aromatic heterocycles.